The summed E-state index contributed by atoms with van der Waals surface area (Å²) in [6.45, 7) is -0.310. The van der Waals surface area contributed by atoms with Gasteiger partial charge in [0.1, 0.15) is 0 Å². The summed E-state index contributed by atoms with van der Waals surface area (Å²) in [6, 6.07) is 2.44. The SMILES string of the molecule is O=S(=O)(NCC1(O)CCC1)c1ccc(Cl)cc1C(F)(F)F. The third-order valence-corrected chi connectivity index (χ3v) is 5.11. The minimum atomic E-state index is -4.84. The number of nitrogens with one attached hydrogen (secondary N) is 1. The molecule has 0 amide bonds. The maximum Gasteiger partial charge on any atom is 0.417 e. The zero-order chi connectivity index (χ0) is 15.9. The summed E-state index contributed by atoms with van der Waals surface area (Å²) in [5.41, 5.74) is -2.50. The van der Waals surface area contributed by atoms with Crippen molar-refractivity contribution in [3.63, 3.8) is 0 Å². The number of halogens is 4. The van der Waals surface area contributed by atoms with Crippen LogP contribution in [0, 0.1) is 0 Å². The molecule has 2 rings (SSSR count). The van der Waals surface area contributed by atoms with Crippen LogP contribution in [0.15, 0.2) is 23.1 Å². The Morgan fingerprint density at radius 1 is 1.33 bits per heavy atom. The van der Waals surface area contributed by atoms with E-state index in [0.717, 1.165) is 18.6 Å². The Balaban J connectivity index is 2.31. The third kappa shape index (κ3) is 3.68. The predicted octanol–water partition coefficient (Wildman–Crippen LogP) is 2.55. The minimum Gasteiger partial charge on any atom is -0.389 e. The molecule has 1 aliphatic rings. The van der Waals surface area contributed by atoms with Gasteiger partial charge in [-0.15, -0.1) is 0 Å². The van der Waals surface area contributed by atoms with Gasteiger partial charge in [-0.1, -0.05) is 11.6 Å². The summed E-state index contributed by atoms with van der Waals surface area (Å²) in [5.74, 6) is 0. The summed E-state index contributed by atoms with van der Waals surface area (Å²) in [7, 11) is -4.39. The Hall–Kier alpha value is -0.830. The maximum absolute atomic E-state index is 12.9. The van der Waals surface area contributed by atoms with E-state index in [4.69, 9.17) is 11.6 Å². The molecule has 1 aromatic carbocycles. The van der Waals surface area contributed by atoms with Crippen molar-refractivity contribution >= 4 is 21.6 Å². The molecule has 118 valence electrons. The normalized spacial score (nSPS) is 18.3. The van der Waals surface area contributed by atoms with Crippen molar-refractivity contribution in [3.05, 3.63) is 28.8 Å². The lowest BCUT2D eigenvalue weighted by molar-refractivity contribution is -0.139. The topological polar surface area (TPSA) is 66.4 Å². The summed E-state index contributed by atoms with van der Waals surface area (Å²) in [6.07, 6.45) is -3.25. The molecule has 4 nitrogen and oxygen atoms in total. The Morgan fingerprint density at radius 3 is 2.43 bits per heavy atom. The second kappa shape index (κ2) is 5.42. The summed E-state index contributed by atoms with van der Waals surface area (Å²) in [5, 5.41) is 9.61. The van der Waals surface area contributed by atoms with Crippen molar-refractivity contribution in [2.24, 2.45) is 0 Å². The molecule has 0 unspecified atom stereocenters. The molecule has 1 aromatic rings. The number of sulfonamides is 1. The summed E-state index contributed by atoms with van der Waals surface area (Å²) >= 11 is 5.50. The lowest BCUT2D eigenvalue weighted by Crippen LogP contribution is -2.47. The highest BCUT2D eigenvalue weighted by molar-refractivity contribution is 7.89. The van der Waals surface area contributed by atoms with E-state index in [1.165, 1.54) is 0 Å². The minimum absolute atomic E-state index is 0.209. The molecule has 1 fully saturated rings. The van der Waals surface area contributed by atoms with E-state index < -0.39 is 32.3 Å². The Bertz CT molecular complexity index is 642. The molecular weight excluding hydrogens is 331 g/mol. The van der Waals surface area contributed by atoms with Crippen LogP contribution in [0.4, 0.5) is 13.2 Å². The summed E-state index contributed by atoms with van der Waals surface area (Å²) in [4.78, 5) is -0.901. The van der Waals surface area contributed by atoms with Crippen LogP contribution >= 0.6 is 11.6 Å². The fourth-order valence-corrected chi connectivity index (χ4v) is 3.52. The van der Waals surface area contributed by atoms with E-state index in [1.807, 2.05) is 4.72 Å². The van der Waals surface area contributed by atoms with Crippen LogP contribution in [0.5, 0.6) is 0 Å². The zero-order valence-electron chi connectivity index (χ0n) is 10.7. The smallest absolute Gasteiger partial charge is 0.389 e. The molecule has 0 bridgehead atoms. The average Bonchev–Trinajstić information content (AvgIpc) is 2.33. The van der Waals surface area contributed by atoms with Crippen LogP contribution in [0.3, 0.4) is 0 Å². The van der Waals surface area contributed by atoms with Crippen molar-refractivity contribution in [3.8, 4) is 0 Å². The first-order valence-electron chi connectivity index (χ1n) is 6.12. The molecule has 1 saturated carbocycles. The van der Waals surface area contributed by atoms with Gasteiger partial charge >= 0.3 is 6.18 Å². The number of rotatable bonds is 4. The van der Waals surface area contributed by atoms with Crippen LogP contribution in [-0.4, -0.2) is 25.7 Å². The molecule has 0 spiro atoms. The van der Waals surface area contributed by atoms with Crippen molar-refractivity contribution in [1.29, 1.82) is 0 Å². The molecule has 0 saturated heterocycles. The van der Waals surface area contributed by atoms with Gasteiger partial charge in [-0.2, -0.15) is 13.2 Å². The molecule has 21 heavy (non-hydrogen) atoms. The van der Waals surface area contributed by atoms with Crippen LogP contribution in [0.25, 0.3) is 0 Å². The van der Waals surface area contributed by atoms with Crippen LogP contribution in [0.1, 0.15) is 24.8 Å². The number of hydrogen-bond donors (Lipinski definition) is 2. The zero-order valence-corrected chi connectivity index (χ0v) is 12.3. The number of benzene rings is 1. The lowest BCUT2D eigenvalue weighted by Gasteiger charge is -2.36. The quantitative estimate of drug-likeness (QED) is 0.883. The van der Waals surface area contributed by atoms with Gasteiger partial charge in [-0.25, -0.2) is 13.1 Å². The molecule has 2 N–H and O–H groups in total. The second-order valence-electron chi connectivity index (χ2n) is 5.04. The highest BCUT2D eigenvalue weighted by Gasteiger charge is 2.39. The Kier molecular flexibility index (Phi) is 4.27. The van der Waals surface area contributed by atoms with Gasteiger partial charge in [0.05, 0.1) is 16.1 Å². The molecule has 1 aliphatic carbocycles. The molecule has 0 aromatic heterocycles. The van der Waals surface area contributed by atoms with Gasteiger partial charge in [0, 0.05) is 11.6 Å². The van der Waals surface area contributed by atoms with E-state index in [0.29, 0.717) is 18.9 Å². The second-order valence-corrected chi connectivity index (χ2v) is 7.21. The van der Waals surface area contributed by atoms with Crippen molar-refractivity contribution in [2.45, 2.75) is 35.9 Å². The molecule has 0 aliphatic heterocycles. The monoisotopic (exact) mass is 343 g/mol. The predicted molar refractivity (Wildman–Crippen MR) is 70.4 cm³/mol. The standard InChI is InChI=1S/C12H13ClF3NO3S/c13-8-2-3-10(9(6-8)12(14,15)16)21(19,20)17-7-11(18)4-1-5-11/h2-3,6,17-18H,1,4-5,7H2. The first-order valence-corrected chi connectivity index (χ1v) is 7.98. The van der Waals surface area contributed by atoms with E-state index >= 15 is 0 Å². The van der Waals surface area contributed by atoms with Crippen molar-refractivity contribution < 1.29 is 26.7 Å². The van der Waals surface area contributed by atoms with Gasteiger partial charge in [0.25, 0.3) is 0 Å². The van der Waals surface area contributed by atoms with Crippen molar-refractivity contribution in [2.75, 3.05) is 6.54 Å². The number of alkyl halides is 3. The van der Waals surface area contributed by atoms with E-state index in [2.05, 4.69) is 0 Å². The first kappa shape index (κ1) is 16.5. The molecule has 0 atom stereocenters. The fraction of sp³-hybridized carbons (Fsp3) is 0.500. The summed E-state index contributed by atoms with van der Waals surface area (Å²) < 4.78 is 64.8. The first-order chi connectivity index (χ1) is 9.54. The lowest BCUT2D eigenvalue weighted by atomic mass is 9.81. The van der Waals surface area contributed by atoms with Crippen LogP contribution < -0.4 is 4.72 Å². The van der Waals surface area contributed by atoms with E-state index in [-0.39, 0.29) is 11.6 Å². The molecule has 9 heteroatoms. The maximum atomic E-state index is 12.9. The molecule has 0 heterocycles. The van der Waals surface area contributed by atoms with Gasteiger partial charge < -0.3 is 5.11 Å². The van der Waals surface area contributed by atoms with Gasteiger partial charge in [-0.05, 0) is 37.5 Å². The average molecular weight is 344 g/mol. The molecule has 0 radical (unpaired) electrons. The fourth-order valence-electron chi connectivity index (χ4n) is 2.03. The highest BCUT2D eigenvalue weighted by atomic mass is 35.5. The third-order valence-electron chi connectivity index (χ3n) is 3.41. The van der Waals surface area contributed by atoms with Crippen molar-refractivity contribution in [1.82, 2.24) is 4.72 Å². The number of aliphatic hydroxyl groups is 1. The highest BCUT2D eigenvalue weighted by Crippen LogP contribution is 2.36. The number of hydrogen-bond acceptors (Lipinski definition) is 3. The van der Waals surface area contributed by atoms with Gasteiger partial charge in [-0.3, -0.25) is 0 Å². The van der Waals surface area contributed by atoms with Gasteiger partial charge in [0.15, 0.2) is 0 Å². The van der Waals surface area contributed by atoms with E-state index in [1.54, 1.807) is 0 Å². The Labute approximate surface area is 125 Å². The van der Waals surface area contributed by atoms with Crippen LogP contribution in [-0.2, 0) is 16.2 Å². The Morgan fingerprint density at radius 2 is 1.95 bits per heavy atom. The largest absolute Gasteiger partial charge is 0.417 e. The van der Waals surface area contributed by atoms with Crippen LogP contribution in [0.2, 0.25) is 5.02 Å². The van der Waals surface area contributed by atoms with E-state index in [9.17, 15) is 26.7 Å². The van der Waals surface area contributed by atoms with Gasteiger partial charge in [0.2, 0.25) is 10.0 Å². The molecular formula is C12H13ClF3NO3S.